The Hall–Kier alpha value is -5.81. The zero-order valence-corrected chi connectivity index (χ0v) is 38.1. The van der Waals surface area contributed by atoms with Gasteiger partial charge in [0.2, 0.25) is 11.9 Å². The molecular formula is C50H58ClN9O4. The van der Waals surface area contributed by atoms with Crippen molar-refractivity contribution in [1.29, 1.82) is 5.26 Å². The van der Waals surface area contributed by atoms with Crippen molar-refractivity contribution < 1.29 is 19.0 Å². The minimum absolute atomic E-state index is 0.0411. The zero-order chi connectivity index (χ0) is 44.8. The second-order valence-corrected chi connectivity index (χ2v) is 18.8. The molecule has 2 aromatic heterocycles. The SMILES string of the molecule is CC1CC(C#N)=C(Cl)C=C1OC1C(C)(C)C(NC(=O)c2cnc(N3CCC(OCCN4C/C=C/CCOc5cccc(c5)-c5ccnc(n5)Nc5cccc(c5)C4)CC3)nc2)C1(C)C. The van der Waals surface area contributed by atoms with E-state index in [0.29, 0.717) is 47.7 Å². The highest BCUT2D eigenvalue weighted by Crippen LogP contribution is 2.57. The maximum absolute atomic E-state index is 13.6. The third-order valence-corrected chi connectivity index (χ3v) is 13.2. The van der Waals surface area contributed by atoms with Crippen molar-refractivity contribution in [3.05, 3.63) is 119 Å². The van der Waals surface area contributed by atoms with Crippen molar-refractivity contribution in [3.63, 3.8) is 0 Å². The molecule has 1 saturated carbocycles. The Morgan fingerprint density at radius 3 is 2.59 bits per heavy atom. The summed E-state index contributed by atoms with van der Waals surface area (Å²) in [5, 5.41) is 16.5. The molecule has 14 heteroatoms. The molecule has 2 aromatic carbocycles. The van der Waals surface area contributed by atoms with Crippen molar-refractivity contribution in [2.75, 3.05) is 49.6 Å². The van der Waals surface area contributed by atoms with Gasteiger partial charge < -0.3 is 29.7 Å². The third kappa shape index (κ3) is 10.3. The lowest BCUT2D eigenvalue weighted by Gasteiger charge is -2.63. The monoisotopic (exact) mass is 883 g/mol. The molecule has 1 saturated heterocycles. The van der Waals surface area contributed by atoms with E-state index < -0.39 is 0 Å². The molecule has 1 amide bonds. The van der Waals surface area contributed by atoms with Crippen LogP contribution in [0.1, 0.15) is 76.2 Å². The summed E-state index contributed by atoms with van der Waals surface area (Å²) in [4.78, 5) is 36.6. The van der Waals surface area contributed by atoms with Crippen molar-refractivity contribution >= 4 is 35.1 Å². The van der Waals surface area contributed by atoms with Crippen LogP contribution in [0, 0.1) is 28.1 Å². The van der Waals surface area contributed by atoms with Gasteiger partial charge in [0, 0.05) is 90.9 Å². The van der Waals surface area contributed by atoms with Crippen molar-refractivity contribution in [2.24, 2.45) is 16.7 Å². The average molecular weight is 885 g/mol. The summed E-state index contributed by atoms with van der Waals surface area (Å²) in [7, 11) is 0. The number of nitrogens with zero attached hydrogens (tertiary/aromatic N) is 7. The van der Waals surface area contributed by atoms with Gasteiger partial charge in [0.1, 0.15) is 17.6 Å². The molecule has 334 valence electrons. The largest absolute Gasteiger partial charge is 0.493 e. The van der Waals surface area contributed by atoms with Crippen LogP contribution >= 0.6 is 11.6 Å². The summed E-state index contributed by atoms with van der Waals surface area (Å²) < 4.78 is 19.1. The summed E-state index contributed by atoms with van der Waals surface area (Å²) in [6, 6.07) is 20.4. The predicted octanol–water partition coefficient (Wildman–Crippen LogP) is 8.99. The lowest BCUT2D eigenvalue weighted by atomic mass is 9.49. The Labute approximate surface area is 381 Å². The number of hydrogen-bond acceptors (Lipinski definition) is 12. The molecule has 4 heterocycles. The number of piperidine rings is 1. The minimum Gasteiger partial charge on any atom is -0.493 e. The molecular weight excluding hydrogens is 826 g/mol. The van der Waals surface area contributed by atoms with Gasteiger partial charge in [-0.15, -0.1) is 0 Å². The lowest BCUT2D eigenvalue weighted by molar-refractivity contribution is -0.193. The summed E-state index contributed by atoms with van der Waals surface area (Å²) in [6.07, 6.45) is 14.2. The van der Waals surface area contributed by atoms with Crippen molar-refractivity contribution in [3.8, 4) is 23.1 Å². The van der Waals surface area contributed by atoms with Gasteiger partial charge in [-0.2, -0.15) is 5.26 Å². The number of nitrogens with one attached hydrogen (secondary N) is 2. The summed E-state index contributed by atoms with van der Waals surface area (Å²) in [6.45, 7) is 15.5. The van der Waals surface area contributed by atoms with Gasteiger partial charge in [0.15, 0.2) is 0 Å². The van der Waals surface area contributed by atoms with Crippen molar-refractivity contribution in [2.45, 2.75) is 85.1 Å². The number of rotatable bonds is 9. The van der Waals surface area contributed by atoms with E-state index in [1.54, 1.807) is 24.7 Å². The highest BCUT2D eigenvalue weighted by atomic mass is 35.5. The molecule has 0 spiro atoms. The molecule has 0 radical (unpaired) electrons. The van der Waals surface area contributed by atoms with Crippen LogP contribution in [-0.2, 0) is 16.0 Å². The molecule has 2 aliphatic heterocycles. The van der Waals surface area contributed by atoms with Crippen LogP contribution in [0.2, 0.25) is 0 Å². The number of halogens is 1. The molecule has 13 nitrogen and oxygen atoms in total. The average Bonchev–Trinajstić information content (AvgIpc) is 3.29. The Morgan fingerprint density at radius 2 is 1.81 bits per heavy atom. The fourth-order valence-electron chi connectivity index (χ4n) is 9.71. The van der Waals surface area contributed by atoms with Crippen LogP contribution in [0.4, 0.5) is 17.6 Å². The maximum atomic E-state index is 13.6. The number of benzene rings is 2. The second kappa shape index (κ2) is 19.5. The van der Waals surface area contributed by atoms with Crippen LogP contribution in [0.3, 0.4) is 0 Å². The van der Waals surface area contributed by atoms with Gasteiger partial charge in [-0.05, 0) is 67.7 Å². The summed E-state index contributed by atoms with van der Waals surface area (Å²) in [5.74, 6) is 2.56. The number of carbonyl (C=O) groups excluding carboxylic acids is 1. The van der Waals surface area contributed by atoms with Crippen LogP contribution in [0.15, 0.2) is 108 Å². The first-order valence-corrected chi connectivity index (χ1v) is 22.7. The van der Waals surface area contributed by atoms with Gasteiger partial charge in [0.05, 0.1) is 41.7 Å². The molecule has 6 bridgehead atoms. The first kappa shape index (κ1) is 44.8. The molecule has 8 rings (SSSR count). The van der Waals surface area contributed by atoms with E-state index in [2.05, 4.69) is 99.5 Å². The molecule has 2 N–H and O–H groups in total. The van der Waals surface area contributed by atoms with E-state index in [4.69, 9.17) is 30.8 Å². The summed E-state index contributed by atoms with van der Waals surface area (Å²) in [5.41, 5.74) is 4.17. The number of allylic oxidation sites excluding steroid dienone is 4. The molecule has 4 aromatic rings. The Balaban J connectivity index is 0.817. The molecule has 1 atom stereocenters. The zero-order valence-electron chi connectivity index (χ0n) is 37.4. The van der Waals surface area contributed by atoms with Gasteiger partial charge in [-0.25, -0.2) is 19.9 Å². The van der Waals surface area contributed by atoms with Crippen LogP contribution in [-0.4, -0.2) is 88.4 Å². The minimum atomic E-state index is -0.365. The Morgan fingerprint density at radius 1 is 1.03 bits per heavy atom. The molecule has 2 aliphatic carbocycles. The van der Waals surface area contributed by atoms with E-state index in [1.807, 2.05) is 43.3 Å². The van der Waals surface area contributed by atoms with Crippen LogP contribution in [0.5, 0.6) is 5.75 Å². The van der Waals surface area contributed by atoms with Gasteiger partial charge in [-0.1, -0.05) is 82.6 Å². The number of fused-ring (bicyclic) bond motifs is 7. The van der Waals surface area contributed by atoms with Crippen LogP contribution < -0.4 is 20.3 Å². The number of nitriles is 1. The highest BCUT2D eigenvalue weighted by molar-refractivity contribution is 6.32. The molecule has 4 aliphatic rings. The number of hydrogen-bond donors (Lipinski definition) is 2. The highest BCUT2D eigenvalue weighted by Gasteiger charge is 2.64. The van der Waals surface area contributed by atoms with E-state index >= 15 is 0 Å². The summed E-state index contributed by atoms with van der Waals surface area (Å²) >= 11 is 6.38. The lowest BCUT2D eigenvalue weighted by Crippen LogP contribution is -2.73. The van der Waals surface area contributed by atoms with Gasteiger partial charge in [-0.3, -0.25) is 9.69 Å². The van der Waals surface area contributed by atoms with Crippen LogP contribution in [0.25, 0.3) is 11.3 Å². The molecule has 1 unspecified atom stereocenters. The third-order valence-electron chi connectivity index (χ3n) is 12.9. The first-order chi connectivity index (χ1) is 30.9. The maximum Gasteiger partial charge on any atom is 0.254 e. The van der Waals surface area contributed by atoms with E-state index in [-0.39, 0.29) is 40.9 Å². The van der Waals surface area contributed by atoms with E-state index in [0.717, 1.165) is 80.4 Å². The van der Waals surface area contributed by atoms with Gasteiger partial charge >= 0.3 is 0 Å². The molecule has 2 fully saturated rings. The quantitative estimate of drug-likeness (QED) is 0.155. The van der Waals surface area contributed by atoms with Crippen molar-refractivity contribution in [1.82, 2.24) is 30.2 Å². The number of amides is 1. The van der Waals surface area contributed by atoms with E-state index in [1.165, 1.54) is 5.56 Å². The number of aromatic nitrogens is 4. The predicted molar refractivity (Wildman–Crippen MR) is 249 cm³/mol. The Bertz CT molecular complexity index is 2420. The van der Waals surface area contributed by atoms with E-state index in [9.17, 15) is 10.1 Å². The number of carbonyl (C=O) groups is 1. The standard InChI is InChI=1S/C50H58ClN9O4/c1-33-25-36(29-52)41(51)28-43(33)64-46-49(2,3)45(50(46,4)5)58-44(61)37-30-54-48(55-31-37)60-20-16-39(17-21-60)63-24-22-59-19-7-6-8-23-62-40-14-10-12-35(27-40)42-15-18-53-47(57-42)56-38-13-9-11-34(26-38)32-59/h6-7,9-15,18,26-28,30-31,33,39,45-46H,8,16-17,19-25,32H2,1-5H3,(H,58,61)(H,53,56,57)/b7-6+. The first-order valence-electron chi connectivity index (χ1n) is 22.3. The fourth-order valence-corrected chi connectivity index (χ4v) is 9.94. The topological polar surface area (TPSA) is 151 Å². The van der Waals surface area contributed by atoms with Gasteiger partial charge in [0.25, 0.3) is 5.91 Å². The molecule has 64 heavy (non-hydrogen) atoms. The Kier molecular flexibility index (Phi) is 13.7. The fraction of sp³-hybridized carbons (Fsp3) is 0.440. The number of anilines is 3. The normalized spacial score (nSPS) is 22.9. The smallest absolute Gasteiger partial charge is 0.254 e. The second-order valence-electron chi connectivity index (χ2n) is 18.4. The number of ether oxygens (including phenoxy) is 3.